The molecule has 1 atom stereocenters. The van der Waals surface area contributed by atoms with Gasteiger partial charge in [-0.2, -0.15) is 13.2 Å². The Kier molecular flexibility index (Phi) is 2.85. The average Bonchev–Trinajstić information content (AvgIpc) is 2.54. The Labute approximate surface area is 102 Å². The fourth-order valence-corrected chi connectivity index (χ4v) is 1.79. The first kappa shape index (κ1) is 12.9. The lowest BCUT2D eigenvalue weighted by atomic mass is 10.1. The van der Waals surface area contributed by atoms with Gasteiger partial charge in [0.05, 0.1) is 17.6 Å². The van der Waals surface area contributed by atoms with Crippen LogP contribution in [0.15, 0.2) is 24.3 Å². The molecule has 0 unspecified atom stereocenters. The number of aryl methyl sites for hydroxylation is 1. The minimum absolute atomic E-state index is 0.445. The summed E-state index contributed by atoms with van der Waals surface area (Å²) in [4.78, 5) is 4.16. The van der Waals surface area contributed by atoms with Crippen LogP contribution in [0.25, 0.3) is 11.0 Å². The first-order valence-electron chi connectivity index (χ1n) is 5.43. The second-order valence-corrected chi connectivity index (χ2v) is 4.51. The quantitative estimate of drug-likeness (QED) is 0.899. The highest BCUT2D eigenvalue weighted by atomic mass is 19.4. The number of halogens is 3. The van der Waals surface area contributed by atoms with Crippen molar-refractivity contribution < 1.29 is 18.3 Å². The third-order valence-electron chi connectivity index (χ3n) is 2.92. The standard InChI is InChI=1S/C12H13F3N2O/c1-8-16-9-5-3-4-6-10(9)17(8)7-11(2,18)12(13,14)15/h3-6,18H,7H2,1-2H3/t11-/m1/s1. The Hall–Kier alpha value is -1.56. The van der Waals surface area contributed by atoms with E-state index < -0.39 is 18.3 Å². The number of para-hydroxylation sites is 2. The molecule has 1 N–H and O–H groups in total. The van der Waals surface area contributed by atoms with E-state index in [1.807, 2.05) is 0 Å². The Balaban J connectivity index is 2.47. The van der Waals surface area contributed by atoms with Gasteiger partial charge in [-0.1, -0.05) is 12.1 Å². The SMILES string of the molecule is Cc1nc2ccccc2n1C[C@@](C)(O)C(F)(F)F. The number of aromatic nitrogens is 2. The fraction of sp³-hybridized carbons (Fsp3) is 0.417. The maximum absolute atomic E-state index is 12.7. The van der Waals surface area contributed by atoms with Crippen molar-refractivity contribution >= 4 is 11.0 Å². The van der Waals surface area contributed by atoms with Crippen molar-refractivity contribution in [1.29, 1.82) is 0 Å². The van der Waals surface area contributed by atoms with Crippen LogP contribution in [-0.2, 0) is 6.54 Å². The third kappa shape index (κ3) is 2.08. The monoisotopic (exact) mass is 258 g/mol. The van der Waals surface area contributed by atoms with Gasteiger partial charge in [0, 0.05) is 0 Å². The second kappa shape index (κ2) is 3.98. The molecule has 1 aromatic carbocycles. The number of fused-ring (bicyclic) bond motifs is 1. The molecule has 0 radical (unpaired) electrons. The zero-order valence-electron chi connectivity index (χ0n) is 9.99. The lowest BCUT2D eigenvalue weighted by Gasteiger charge is -2.27. The van der Waals surface area contributed by atoms with E-state index in [-0.39, 0.29) is 0 Å². The molecule has 0 saturated heterocycles. The zero-order valence-corrected chi connectivity index (χ0v) is 9.99. The second-order valence-electron chi connectivity index (χ2n) is 4.51. The number of rotatable bonds is 2. The molecular formula is C12H13F3N2O. The van der Waals surface area contributed by atoms with Gasteiger partial charge in [-0.3, -0.25) is 0 Å². The van der Waals surface area contributed by atoms with E-state index in [1.54, 1.807) is 31.2 Å². The first-order valence-corrected chi connectivity index (χ1v) is 5.43. The molecule has 2 aromatic rings. The molecule has 3 nitrogen and oxygen atoms in total. The normalized spacial score (nSPS) is 15.9. The number of hydrogen-bond donors (Lipinski definition) is 1. The maximum Gasteiger partial charge on any atom is 0.418 e. The van der Waals surface area contributed by atoms with E-state index >= 15 is 0 Å². The highest BCUT2D eigenvalue weighted by Crippen LogP contribution is 2.32. The van der Waals surface area contributed by atoms with E-state index in [9.17, 15) is 18.3 Å². The van der Waals surface area contributed by atoms with Gasteiger partial charge in [0.15, 0.2) is 5.60 Å². The van der Waals surface area contributed by atoms with Crippen LogP contribution in [0.4, 0.5) is 13.2 Å². The van der Waals surface area contributed by atoms with E-state index in [2.05, 4.69) is 4.98 Å². The van der Waals surface area contributed by atoms with Gasteiger partial charge >= 0.3 is 6.18 Å². The summed E-state index contributed by atoms with van der Waals surface area (Å²) in [6, 6.07) is 6.90. The molecule has 2 rings (SSSR count). The molecule has 0 aliphatic rings. The van der Waals surface area contributed by atoms with Crippen molar-refractivity contribution in [2.75, 3.05) is 0 Å². The van der Waals surface area contributed by atoms with Crippen LogP contribution in [0.2, 0.25) is 0 Å². The summed E-state index contributed by atoms with van der Waals surface area (Å²) in [5.41, 5.74) is -1.58. The average molecular weight is 258 g/mol. The Morgan fingerprint density at radius 3 is 2.50 bits per heavy atom. The van der Waals surface area contributed by atoms with E-state index in [0.717, 1.165) is 6.92 Å². The highest BCUT2D eigenvalue weighted by molar-refractivity contribution is 5.75. The minimum Gasteiger partial charge on any atom is -0.379 e. The molecule has 0 amide bonds. The lowest BCUT2D eigenvalue weighted by molar-refractivity contribution is -0.257. The van der Waals surface area contributed by atoms with Gasteiger partial charge in [-0.25, -0.2) is 4.98 Å². The van der Waals surface area contributed by atoms with Gasteiger partial charge in [0.25, 0.3) is 0 Å². The number of benzene rings is 1. The van der Waals surface area contributed by atoms with Crippen molar-refractivity contribution in [2.24, 2.45) is 0 Å². The summed E-state index contributed by atoms with van der Waals surface area (Å²) in [5, 5.41) is 9.53. The molecule has 0 saturated carbocycles. The molecule has 18 heavy (non-hydrogen) atoms. The first-order chi connectivity index (χ1) is 8.22. The van der Waals surface area contributed by atoms with Gasteiger partial charge in [0.2, 0.25) is 0 Å². The molecule has 0 aliphatic heterocycles. The number of imidazole rings is 1. The minimum atomic E-state index is -4.68. The van der Waals surface area contributed by atoms with Gasteiger partial charge in [0.1, 0.15) is 5.82 Å². The van der Waals surface area contributed by atoms with Crippen LogP contribution >= 0.6 is 0 Å². The number of alkyl halides is 3. The van der Waals surface area contributed by atoms with Crippen molar-refractivity contribution in [3.63, 3.8) is 0 Å². The maximum atomic E-state index is 12.7. The van der Waals surface area contributed by atoms with Crippen molar-refractivity contribution in [3.05, 3.63) is 30.1 Å². The number of nitrogens with zero attached hydrogens (tertiary/aromatic N) is 2. The van der Waals surface area contributed by atoms with Gasteiger partial charge in [-0.05, 0) is 26.0 Å². The summed E-state index contributed by atoms with van der Waals surface area (Å²) in [6.07, 6.45) is -4.68. The topological polar surface area (TPSA) is 38.0 Å². The summed E-state index contributed by atoms with van der Waals surface area (Å²) in [5.74, 6) is 0.445. The lowest BCUT2D eigenvalue weighted by Crippen LogP contribution is -2.45. The van der Waals surface area contributed by atoms with Crippen LogP contribution in [0.1, 0.15) is 12.7 Å². The molecule has 0 bridgehead atoms. The summed E-state index contributed by atoms with van der Waals surface area (Å²) >= 11 is 0. The van der Waals surface area contributed by atoms with E-state index in [4.69, 9.17) is 0 Å². The van der Waals surface area contributed by atoms with Crippen molar-refractivity contribution in [3.8, 4) is 0 Å². The smallest absolute Gasteiger partial charge is 0.379 e. The van der Waals surface area contributed by atoms with Crippen molar-refractivity contribution in [2.45, 2.75) is 32.2 Å². The van der Waals surface area contributed by atoms with Crippen molar-refractivity contribution in [1.82, 2.24) is 9.55 Å². The summed E-state index contributed by atoms with van der Waals surface area (Å²) in [7, 11) is 0. The van der Waals surface area contributed by atoms with Gasteiger partial charge in [-0.15, -0.1) is 0 Å². The van der Waals surface area contributed by atoms with Crippen LogP contribution in [0, 0.1) is 6.92 Å². The fourth-order valence-electron chi connectivity index (χ4n) is 1.79. The summed E-state index contributed by atoms with van der Waals surface area (Å²) in [6.45, 7) is 1.82. The number of hydrogen-bond acceptors (Lipinski definition) is 2. The Morgan fingerprint density at radius 1 is 1.28 bits per heavy atom. The molecule has 0 aliphatic carbocycles. The van der Waals surface area contributed by atoms with Gasteiger partial charge < -0.3 is 9.67 Å². The molecule has 6 heteroatoms. The highest BCUT2D eigenvalue weighted by Gasteiger charge is 2.50. The van der Waals surface area contributed by atoms with Crippen LogP contribution in [0.3, 0.4) is 0 Å². The summed E-state index contributed by atoms with van der Waals surface area (Å²) < 4.78 is 39.4. The van der Waals surface area contributed by atoms with Crippen LogP contribution in [0.5, 0.6) is 0 Å². The Bertz CT molecular complexity index is 572. The third-order valence-corrected chi connectivity index (χ3v) is 2.92. The van der Waals surface area contributed by atoms with E-state index in [1.165, 1.54) is 4.57 Å². The number of aliphatic hydroxyl groups is 1. The molecule has 98 valence electrons. The predicted molar refractivity (Wildman–Crippen MR) is 61.1 cm³/mol. The largest absolute Gasteiger partial charge is 0.418 e. The molecule has 1 aromatic heterocycles. The molecule has 0 fully saturated rings. The van der Waals surface area contributed by atoms with Crippen LogP contribution < -0.4 is 0 Å². The predicted octanol–water partition coefficient (Wildman–Crippen LogP) is 2.66. The molecule has 1 heterocycles. The van der Waals surface area contributed by atoms with E-state index in [0.29, 0.717) is 16.9 Å². The molecular weight excluding hydrogens is 245 g/mol. The zero-order chi connectivity index (χ0) is 13.6. The Morgan fingerprint density at radius 2 is 1.89 bits per heavy atom. The van der Waals surface area contributed by atoms with Crippen LogP contribution in [-0.4, -0.2) is 26.4 Å². The molecule has 0 spiro atoms.